The zero-order chi connectivity index (χ0) is 15.9. The Morgan fingerprint density at radius 1 is 1.40 bits per heavy atom. The molecule has 0 spiro atoms. The molecule has 1 saturated heterocycles. The first-order valence-corrected chi connectivity index (χ1v) is 6.99. The van der Waals surface area contributed by atoms with Crippen molar-refractivity contribution in [1.29, 1.82) is 0 Å². The maximum atomic E-state index is 12.0. The molecule has 2 N–H and O–H groups in total. The van der Waals surface area contributed by atoms with Gasteiger partial charge in [-0.25, -0.2) is 4.79 Å². The summed E-state index contributed by atoms with van der Waals surface area (Å²) in [5.41, 5.74) is -0.413. The van der Waals surface area contributed by atoms with Gasteiger partial charge in [0.25, 0.3) is 5.97 Å². The lowest BCUT2D eigenvalue weighted by molar-refractivity contribution is -0.134. The number of carbonyl (C=O) groups is 2. The molecule has 1 heterocycles. The van der Waals surface area contributed by atoms with E-state index >= 15 is 0 Å². The third-order valence-electron chi connectivity index (χ3n) is 2.71. The van der Waals surface area contributed by atoms with Crippen molar-refractivity contribution < 1.29 is 19.4 Å². The van der Waals surface area contributed by atoms with Crippen molar-refractivity contribution in [2.75, 3.05) is 13.1 Å². The van der Waals surface area contributed by atoms with Crippen LogP contribution in [0.3, 0.4) is 0 Å². The first-order chi connectivity index (χ1) is 9.06. The first-order valence-electron chi connectivity index (χ1n) is 6.99. The Morgan fingerprint density at radius 2 is 1.90 bits per heavy atom. The fourth-order valence-electron chi connectivity index (χ4n) is 1.86. The quantitative estimate of drug-likeness (QED) is 0.772. The minimum atomic E-state index is -0.833. The number of nitrogens with zero attached hydrogens (tertiary/aromatic N) is 1. The smallest absolute Gasteiger partial charge is 0.410 e. The molecule has 2 atom stereocenters. The fourth-order valence-corrected chi connectivity index (χ4v) is 1.86. The van der Waals surface area contributed by atoms with Crippen molar-refractivity contribution >= 4 is 12.1 Å². The number of carbonyl (C=O) groups excluding carboxylic acids is 1. The lowest BCUT2D eigenvalue weighted by Gasteiger charge is -2.39. The van der Waals surface area contributed by atoms with Gasteiger partial charge in [0, 0.05) is 32.1 Å². The topological polar surface area (TPSA) is 78.9 Å². The predicted octanol–water partition coefficient (Wildman–Crippen LogP) is 2.08. The second-order valence-electron chi connectivity index (χ2n) is 6.02. The standard InChI is InChI=1S/C12H24N2O2.C2H4O2/c1-6-10-7-13-9(2)8-14(10)11(15)16-12(3,4)5;1-2(3)4/h9-10,13H,6-8H2,1-5H3;1H3,(H,3,4)/t9-,10+;/m0./s1. The Labute approximate surface area is 121 Å². The third kappa shape index (κ3) is 7.99. The van der Waals surface area contributed by atoms with Crippen molar-refractivity contribution in [2.45, 2.75) is 65.6 Å². The summed E-state index contributed by atoms with van der Waals surface area (Å²) in [6.45, 7) is 12.6. The number of hydrogen-bond donors (Lipinski definition) is 2. The summed E-state index contributed by atoms with van der Waals surface area (Å²) in [4.78, 5) is 22.9. The Bertz CT molecular complexity index is 322. The molecule has 0 aromatic carbocycles. The highest BCUT2D eigenvalue weighted by molar-refractivity contribution is 5.68. The molecule has 1 amide bonds. The number of carboxylic acids is 1. The molecule has 0 saturated carbocycles. The molecule has 1 aliphatic heterocycles. The summed E-state index contributed by atoms with van der Waals surface area (Å²) >= 11 is 0. The number of ether oxygens (including phenoxy) is 1. The van der Waals surface area contributed by atoms with Gasteiger partial charge in [0.1, 0.15) is 5.60 Å². The molecular formula is C14H28N2O4. The minimum absolute atomic E-state index is 0.187. The largest absolute Gasteiger partial charge is 0.481 e. The van der Waals surface area contributed by atoms with Crippen LogP contribution in [0, 0.1) is 0 Å². The fraction of sp³-hybridized carbons (Fsp3) is 0.857. The maximum Gasteiger partial charge on any atom is 0.410 e. The molecule has 0 aromatic heterocycles. The van der Waals surface area contributed by atoms with E-state index in [9.17, 15) is 4.79 Å². The van der Waals surface area contributed by atoms with Crippen LogP contribution >= 0.6 is 0 Å². The molecule has 20 heavy (non-hydrogen) atoms. The lowest BCUT2D eigenvalue weighted by atomic mass is 10.1. The minimum Gasteiger partial charge on any atom is -0.481 e. The summed E-state index contributed by atoms with van der Waals surface area (Å²) in [5.74, 6) is -0.833. The van der Waals surface area contributed by atoms with Gasteiger partial charge < -0.3 is 20.1 Å². The molecule has 6 heteroatoms. The normalized spacial score (nSPS) is 22.6. The number of nitrogens with one attached hydrogen (secondary N) is 1. The molecule has 6 nitrogen and oxygen atoms in total. The van der Waals surface area contributed by atoms with Crippen LogP contribution in [0.25, 0.3) is 0 Å². The van der Waals surface area contributed by atoms with Gasteiger partial charge in [-0.05, 0) is 34.1 Å². The van der Waals surface area contributed by atoms with E-state index in [2.05, 4.69) is 19.2 Å². The van der Waals surface area contributed by atoms with Gasteiger partial charge >= 0.3 is 6.09 Å². The van der Waals surface area contributed by atoms with Gasteiger partial charge in [-0.3, -0.25) is 4.79 Å². The van der Waals surface area contributed by atoms with E-state index in [1.807, 2.05) is 25.7 Å². The van der Waals surface area contributed by atoms with Crippen molar-refractivity contribution in [3.63, 3.8) is 0 Å². The molecule has 0 unspecified atom stereocenters. The highest BCUT2D eigenvalue weighted by Crippen LogP contribution is 2.16. The average Bonchev–Trinajstić information content (AvgIpc) is 2.25. The Kier molecular flexibility index (Phi) is 7.57. The van der Waals surface area contributed by atoms with Crippen molar-refractivity contribution in [3.8, 4) is 0 Å². The lowest BCUT2D eigenvalue weighted by Crippen LogP contribution is -2.57. The van der Waals surface area contributed by atoms with Crippen molar-refractivity contribution in [3.05, 3.63) is 0 Å². The maximum absolute atomic E-state index is 12.0. The molecular weight excluding hydrogens is 260 g/mol. The van der Waals surface area contributed by atoms with E-state index in [-0.39, 0.29) is 12.1 Å². The molecule has 0 aliphatic carbocycles. The molecule has 0 aromatic rings. The Balaban J connectivity index is 0.000000796. The monoisotopic (exact) mass is 288 g/mol. The van der Waals surface area contributed by atoms with Crippen LogP contribution in [0.2, 0.25) is 0 Å². The molecule has 1 fully saturated rings. The molecule has 1 aliphatic rings. The van der Waals surface area contributed by atoms with Crippen LogP contribution in [0.5, 0.6) is 0 Å². The molecule has 0 radical (unpaired) electrons. The van der Waals surface area contributed by atoms with Gasteiger partial charge in [0.05, 0.1) is 0 Å². The summed E-state index contributed by atoms with van der Waals surface area (Å²) in [6.07, 6.45) is 0.770. The average molecular weight is 288 g/mol. The first kappa shape index (κ1) is 18.7. The van der Waals surface area contributed by atoms with E-state index in [1.165, 1.54) is 0 Å². The number of carboxylic acid groups (broad SMARTS) is 1. The van der Waals surface area contributed by atoms with Gasteiger partial charge in [-0.1, -0.05) is 6.92 Å². The second-order valence-corrected chi connectivity index (χ2v) is 6.02. The molecule has 0 bridgehead atoms. The third-order valence-corrected chi connectivity index (χ3v) is 2.71. The second kappa shape index (κ2) is 8.09. The SMILES string of the molecule is CC(=O)O.CC[C@@H]1CN[C@@H](C)CN1C(=O)OC(C)(C)C. The van der Waals surface area contributed by atoms with Gasteiger partial charge in [-0.15, -0.1) is 0 Å². The van der Waals surface area contributed by atoms with E-state index in [0.717, 1.165) is 26.4 Å². The summed E-state index contributed by atoms with van der Waals surface area (Å²) < 4.78 is 5.42. The van der Waals surface area contributed by atoms with E-state index < -0.39 is 11.6 Å². The van der Waals surface area contributed by atoms with Crippen molar-refractivity contribution in [1.82, 2.24) is 10.2 Å². The van der Waals surface area contributed by atoms with Crippen LogP contribution in [0.1, 0.15) is 48.0 Å². The molecule has 118 valence electrons. The number of rotatable bonds is 1. The molecule has 1 rings (SSSR count). The van der Waals surface area contributed by atoms with Crippen LogP contribution in [0.4, 0.5) is 4.79 Å². The number of piperazine rings is 1. The van der Waals surface area contributed by atoms with E-state index in [1.54, 1.807) is 0 Å². The van der Waals surface area contributed by atoms with Gasteiger partial charge in [-0.2, -0.15) is 0 Å². The summed E-state index contributed by atoms with van der Waals surface area (Å²) in [6, 6.07) is 0.598. The van der Waals surface area contributed by atoms with E-state index in [0.29, 0.717) is 6.04 Å². The van der Waals surface area contributed by atoms with Gasteiger partial charge in [0.15, 0.2) is 0 Å². The van der Waals surface area contributed by atoms with E-state index in [4.69, 9.17) is 14.6 Å². The summed E-state index contributed by atoms with van der Waals surface area (Å²) in [5, 5.41) is 10.8. The highest BCUT2D eigenvalue weighted by atomic mass is 16.6. The number of hydrogen-bond acceptors (Lipinski definition) is 4. The highest BCUT2D eigenvalue weighted by Gasteiger charge is 2.31. The Morgan fingerprint density at radius 3 is 2.30 bits per heavy atom. The zero-order valence-electron chi connectivity index (χ0n) is 13.4. The number of amides is 1. The van der Waals surface area contributed by atoms with Gasteiger partial charge in [0.2, 0.25) is 0 Å². The Hall–Kier alpha value is -1.30. The predicted molar refractivity (Wildman–Crippen MR) is 77.8 cm³/mol. The summed E-state index contributed by atoms with van der Waals surface area (Å²) in [7, 11) is 0. The van der Waals surface area contributed by atoms with Crippen LogP contribution in [-0.2, 0) is 9.53 Å². The number of aliphatic carboxylic acids is 1. The van der Waals surface area contributed by atoms with Crippen LogP contribution in [0.15, 0.2) is 0 Å². The van der Waals surface area contributed by atoms with Crippen LogP contribution < -0.4 is 5.32 Å². The van der Waals surface area contributed by atoms with Crippen molar-refractivity contribution in [2.24, 2.45) is 0 Å². The van der Waals surface area contributed by atoms with Crippen LogP contribution in [-0.4, -0.2) is 52.8 Å². The zero-order valence-corrected chi connectivity index (χ0v) is 13.4.